The lowest BCUT2D eigenvalue weighted by atomic mass is 10.1. The number of esters is 1. The van der Waals surface area contributed by atoms with Gasteiger partial charge in [-0.05, 0) is 57.8 Å². The molecule has 0 aromatic heterocycles. The number of allylic oxidation sites excluding steroid dienone is 10. The second kappa shape index (κ2) is 33.6. The van der Waals surface area contributed by atoms with E-state index >= 15 is 0 Å². The van der Waals surface area contributed by atoms with Crippen molar-refractivity contribution in [2.45, 2.75) is 136 Å². The van der Waals surface area contributed by atoms with Gasteiger partial charge in [-0.3, -0.25) is 18.6 Å². The molecule has 3 N–H and O–H groups in total. The molecule has 0 radical (unpaired) electrons. The first-order valence-corrected chi connectivity index (χ1v) is 19.3. The molecule has 47 heavy (non-hydrogen) atoms. The van der Waals surface area contributed by atoms with Crippen LogP contribution in [0.4, 0.5) is 0 Å². The van der Waals surface area contributed by atoms with Gasteiger partial charge in [-0.25, -0.2) is 4.57 Å². The summed E-state index contributed by atoms with van der Waals surface area (Å²) in [6.45, 7) is 3.19. The van der Waals surface area contributed by atoms with E-state index in [1.54, 1.807) is 0 Å². The summed E-state index contributed by atoms with van der Waals surface area (Å²) in [5.74, 6) is -0.559. The van der Waals surface area contributed by atoms with Gasteiger partial charge < -0.3 is 20.1 Å². The van der Waals surface area contributed by atoms with Gasteiger partial charge in [0.25, 0.3) is 0 Å². The maximum absolute atomic E-state index is 12.0. The van der Waals surface area contributed by atoms with Crippen LogP contribution in [0.1, 0.15) is 129 Å². The van der Waals surface area contributed by atoms with Gasteiger partial charge in [0.05, 0.1) is 13.2 Å². The number of nitrogens with one attached hydrogen (secondary N) is 1. The summed E-state index contributed by atoms with van der Waals surface area (Å²) in [4.78, 5) is 33.3. The highest BCUT2D eigenvalue weighted by Gasteiger charge is 2.23. The van der Waals surface area contributed by atoms with Crippen molar-refractivity contribution in [3.63, 3.8) is 0 Å². The van der Waals surface area contributed by atoms with Gasteiger partial charge in [-0.15, -0.1) is 0 Å². The fraction of sp³-hybridized carbons (Fsp3) is 0.676. The van der Waals surface area contributed by atoms with Crippen LogP contribution in [0.25, 0.3) is 0 Å². The molecule has 0 heterocycles. The second-order valence-corrected chi connectivity index (χ2v) is 12.9. The molecule has 9 nitrogen and oxygen atoms in total. The minimum Gasteiger partial charge on any atom is -0.463 e. The van der Waals surface area contributed by atoms with E-state index in [0.717, 1.165) is 70.6 Å². The lowest BCUT2D eigenvalue weighted by Crippen LogP contribution is -2.27. The van der Waals surface area contributed by atoms with E-state index in [1.165, 1.54) is 25.7 Å². The minimum atomic E-state index is -4.40. The number of phosphoric acid groups is 1. The maximum atomic E-state index is 12.0. The van der Waals surface area contributed by atoms with Crippen molar-refractivity contribution in [2.75, 3.05) is 26.4 Å². The Morgan fingerprint density at radius 1 is 0.681 bits per heavy atom. The number of unbranched alkanes of at least 4 members (excludes halogenated alkanes) is 9. The van der Waals surface area contributed by atoms with Gasteiger partial charge in [0.15, 0.2) is 0 Å². The summed E-state index contributed by atoms with van der Waals surface area (Å²) in [5.41, 5.74) is 0. The molecule has 0 rings (SSSR count). The van der Waals surface area contributed by atoms with E-state index in [-0.39, 0.29) is 32.1 Å². The van der Waals surface area contributed by atoms with Crippen molar-refractivity contribution in [3.8, 4) is 0 Å². The molecule has 0 aromatic carbocycles. The van der Waals surface area contributed by atoms with Crippen LogP contribution in [0.3, 0.4) is 0 Å². The van der Waals surface area contributed by atoms with Crippen molar-refractivity contribution in [3.05, 3.63) is 60.8 Å². The van der Waals surface area contributed by atoms with Crippen molar-refractivity contribution in [1.29, 1.82) is 0 Å². The number of hydrogen-bond acceptors (Lipinski definition) is 7. The van der Waals surface area contributed by atoms with Crippen LogP contribution in [0.2, 0.25) is 0 Å². The molecular formula is C37H64NO8P. The molecule has 1 amide bonds. The molecule has 0 saturated carbocycles. The zero-order chi connectivity index (χ0) is 34.7. The first-order valence-electron chi connectivity index (χ1n) is 17.8. The Morgan fingerprint density at radius 3 is 1.81 bits per heavy atom. The lowest BCUT2D eigenvalue weighted by Gasteiger charge is -2.15. The molecule has 2 unspecified atom stereocenters. The normalized spacial score (nSPS) is 14.2. The highest BCUT2D eigenvalue weighted by molar-refractivity contribution is 7.47. The summed E-state index contributed by atoms with van der Waals surface area (Å²) >= 11 is 0. The van der Waals surface area contributed by atoms with Crippen LogP contribution >= 0.6 is 7.82 Å². The zero-order valence-corrected chi connectivity index (χ0v) is 30.1. The summed E-state index contributed by atoms with van der Waals surface area (Å²) in [6, 6.07) is 0. The predicted molar refractivity (Wildman–Crippen MR) is 192 cm³/mol. The van der Waals surface area contributed by atoms with E-state index in [4.69, 9.17) is 13.8 Å². The number of aliphatic hydroxyl groups excluding tert-OH is 1. The van der Waals surface area contributed by atoms with Gasteiger partial charge >= 0.3 is 13.8 Å². The first-order chi connectivity index (χ1) is 22.8. The molecule has 0 aliphatic rings. The summed E-state index contributed by atoms with van der Waals surface area (Å²) in [6.07, 6.45) is 38.1. The zero-order valence-electron chi connectivity index (χ0n) is 29.2. The molecule has 270 valence electrons. The summed E-state index contributed by atoms with van der Waals surface area (Å²) in [5, 5.41) is 12.5. The Labute approximate surface area is 285 Å². The van der Waals surface area contributed by atoms with Gasteiger partial charge in [0.2, 0.25) is 5.91 Å². The average molecular weight is 682 g/mol. The van der Waals surface area contributed by atoms with Gasteiger partial charge in [-0.1, -0.05) is 120 Å². The van der Waals surface area contributed by atoms with Crippen molar-refractivity contribution in [1.82, 2.24) is 5.32 Å². The Morgan fingerprint density at radius 2 is 1.21 bits per heavy atom. The maximum Gasteiger partial charge on any atom is 0.472 e. The number of amides is 1. The molecule has 0 aromatic rings. The van der Waals surface area contributed by atoms with E-state index in [1.807, 2.05) is 6.92 Å². The number of phosphoric ester groups is 1. The molecule has 0 fully saturated rings. The van der Waals surface area contributed by atoms with Crippen LogP contribution in [0, 0.1) is 0 Å². The van der Waals surface area contributed by atoms with Crippen LogP contribution in [0.15, 0.2) is 60.8 Å². The van der Waals surface area contributed by atoms with Crippen molar-refractivity contribution < 1.29 is 37.9 Å². The van der Waals surface area contributed by atoms with Gasteiger partial charge in [0, 0.05) is 19.4 Å². The number of rotatable bonds is 32. The minimum absolute atomic E-state index is 0.0720. The number of carbonyl (C=O) groups excluding carboxylic acids is 2. The molecule has 0 aliphatic heterocycles. The first kappa shape index (κ1) is 44.7. The molecule has 10 heteroatoms. The van der Waals surface area contributed by atoms with E-state index in [0.29, 0.717) is 12.8 Å². The molecule has 2 atom stereocenters. The molecular weight excluding hydrogens is 617 g/mol. The fourth-order valence-electron chi connectivity index (χ4n) is 4.29. The molecule has 0 spiro atoms. The van der Waals surface area contributed by atoms with Gasteiger partial charge in [-0.2, -0.15) is 0 Å². The van der Waals surface area contributed by atoms with Crippen LogP contribution in [-0.2, 0) is 27.9 Å². The Hall–Kier alpha value is -2.29. The van der Waals surface area contributed by atoms with Crippen LogP contribution in [0.5, 0.6) is 0 Å². The molecule has 0 aliphatic carbocycles. The number of ether oxygens (including phenoxy) is 1. The number of hydrogen-bond donors (Lipinski definition) is 3. The largest absolute Gasteiger partial charge is 0.472 e. The fourth-order valence-corrected chi connectivity index (χ4v) is 5.04. The van der Waals surface area contributed by atoms with E-state index in [2.05, 4.69) is 73.0 Å². The third kappa shape index (κ3) is 34.9. The highest BCUT2D eigenvalue weighted by atomic mass is 31.2. The SMILES string of the molecule is CC/C=C\C/C=C\C/C=C\C/C=C\C/C=C\CCCCCCCCCC(=O)NCCOP(=O)(O)OCC(O)COC(=O)CCCCC. The monoisotopic (exact) mass is 681 g/mol. The lowest BCUT2D eigenvalue weighted by molar-refractivity contribution is -0.147. The number of aliphatic hydroxyl groups is 1. The Balaban J connectivity index is 3.60. The van der Waals surface area contributed by atoms with Gasteiger partial charge in [0.1, 0.15) is 12.7 Å². The quantitative estimate of drug-likeness (QED) is 0.0278. The Kier molecular flexibility index (Phi) is 32.0. The second-order valence-electron chi connectivity index (χ2n) is 11.5. The van der Waals surface area contributed by atoms with E-state index in [9.17, 15) is 24.2 Å². The topological polar surface area (TPSA) is 131 Å². The molecule has 0 bridgehead atoms. The Bertz CT molecular complexity index is 960. The van der Waals surface area contributed by atoms with Crippen molar-refractivity contribution in [2.24, 2.45) is 0 Å². The average Bonchev–Trinajstić information content (AvgIpc) is 3.05. The smallest absolute Gasteiger partial charge is 0.463 e. The summed E-state index contributed by atoms with van der Waals surface area (Å²) in [7, 11) is -4.40. The van der Waals surface area contributed by atoms with Crippen LogP contribution in [-0.4, -0.2) is 54.3 Å². The number of carbonyl (C=O) groups is 2. The van der Waals surface area contributed by atoms with Crippen LogP contribution < -0.4 is 5.32 Å². The molecule has 0 saturated heterocycles. The van der Waals surface area contributed by atoms with Crippen molar-refractivity contribution >= 4 is 19.7 Å². The third-order valence-corrected chi connectivity index (χ3v) is 7.95. The third-order valence-electron chi connectivity index (χ3n) is 6.96. The predicted octanol–water partition coefficient (Wildman–Crippen LogP) is 8.98. The summed E-state index contributed by atoms with van der Waals surface area (Å²) < 4.78 is 26.4. The van der Waals surface area contributed by atoms with E-state index < -0.39 is 26.5 Å². The highest BCUT2D eigenvalue weighted by Crippen LogP contribution is 2.42. The standard InChI is InChI=1S/C37H64NO8P/c1-3-5-7-8-9-10-11-12-13-14-15-16-17-18-19-20-21-22-23-24-25-26-28-29-36(40)38-31-32-45-47(42,43)46-34-35(39)33-44-37(41)30-27-6-4-2/h5,7,9-10,12-13,15-16,18-19,35,39H,3-4,6,8,11,14,17,20-34H2,1-2H3,(H,38,40)(H,42,43)/b7-5-,10-9-,13-12-,16-15-,19-18-.